The molecule has 2 aromatic heterocycles. The number of pyridine rings is 2. The maximum Gasteiger partial charge on any atom is 0.147 e. The molecule has 1 aromatic carbocycles. The van der Waals surface area contributed by atoms with E-state index < -0.39 is 0 Å². The van der Waals surface area contributed by atoms with Crippen molar-refractivity contribution < 1.29 is 9.47 Å². The highest BCUT2D eigenvalue weighted by molar-refractivity contribution is 5.84. The first-order valence-corrected chi connectivity index (χ1v) is 8.63. The Kier molecular flexibility index (Phi) is 4.21. The van der Waals surface area contributed by atoms with Gasteiger partial charge >= 0.3 is 0 Å². The van der Waals surface area contributed by atoms with Gasteiger partial charge in [-0.15, -0.1) is 0 Å². The Morgan fingerprint density at radius 2 is 1.35 bits per heavy atom. The molecule has 5 heteroatoms. The predicted molar refractivity (Wildman–Crippen MR) is 102 cm³/mol. The van der Waals surface area contributed by atoms with Crippen molar-refractivity contribution in [1.29, 1.82) is 0 Å². The number of nitrogens with zero attached hydrogens (tertiary/aromatic N) is 3. The highest BCUT2D eigenvalue weighted by Gasteiger charge is 2.29. The predicted octanol–water partition coefficient (Wildman–Crippen LogP) is 4.37. The zero-order chi connectivity index (χ0) is 18.1. The van der Waals surface area contributed by atoms with Crippen molar-refractivity contribution in [2.45, 2.75) is 19.8 Å². The minimum Gasteiger partial charge on any atom is -0.494 e. The second-order valence-corrected chi connectivity index (χ2v) is 6.33. The Morgan fingerprint density at radius 3 is 1.81 bits per heavy atom. The third kappa shape index (κ3) is 2.65. The van der Waals surface area contributed by atoms with E-state index in [9.17, 15) is 0 Å². The van der Waals surface area contributed by atoms with E-state index in [-0.39, 0.29) is 0 Å². The molecule has 3 heterocycles. The SMILES string of the molecule is COc1cc(C)cc(OC)c1N1c2ncccc2CCc2cccnc21. The molecule has 5 nitrogen and oxygen atoms in total. The van der Waals surface area contributed by atoms with E-state index in [1.165, 1.54) is 11.1 Å². The van der Waals surface area contributed by atoms with Crippen molar-refractivity contribution in [1.82, 2.24) is 9.97 Å². The second-order valence-electron chi connectivity index (χ2n) is 6.33. The summed E-state index contributed by atoms with van der Waals surface area (Å²) in [6.45, 7) is 2.02. The molecule has 0 saturated heterocycles. The van der Waals surface area contributed by atoms with Gasteiger partial charge in [-0.05, 0) is 60.7 Å². The normalized spacial score (nSPS) is 12.8. The molecular formula is C21H21N3O2. The lowest BCUT2D eigenvalue weighted by atomic mass is 10.1. The highest BCUT2D eigenvalue weighted by atomic mass is 16.5. The van der Waals surface area contributed by atoms with Gasteiger partial charge in [0.2, 0.25) is 0 Å². The molecule has 3 aromatic rings. The van der Waals surface area contributed by atoms with E-state index in [2.05, 4.69) is 27.0 Å². The van der Waals surface area contributed by atoms with Gasteiger partial charge in [0, 0.05) is 12.4 Å². The first-order valence-electron chi connectivity index (χ1n) is 8.63. The quantitative estimate of drug-likeness (QED) is 0.704. The van der Waals surface area contributed by atoms with Gasteiger partial charge in [-0.25, -0.2) is 9.97 Å². The number of aryl methyl sites for hydroxylation is 3. The van der Waals surface area contributed by atoms with Gasteiger partial charge < -0.3 is 9.47 Å². The Bertz CT molecular complexity index is 883. The van der Waals surface area contributed by atoms with Gasteiger partial charge in [0.15, 0.2) is 0 Å². The summed E-state index contributed by atoms with van der Waals surface area (Å²) in [7, 11) is 3.35. The molecule has 1 aliphatic rings. The van der Waals surface area contributed by atoms with Crippen LogP contribution in [0, 0.1) is 6.92 Å². The van der Waals surface area contributed by atoms with Crippen molar-refractivity contribution in [3.05, 3.63) is 65.5 Å². The highest BCUT2D eigenvalue weighted by Crippen LogP contribution is 2.48. The molecule has 0 amide bonds. The number of benzene rings is 1. The van der Waals surface area contributed by atoms with E-state index in [0.29, 0.717) is 0 Å². The molecule has 0 unspecified atom stereocenters. The molecule has 132 valence electrons. The van der Waals surface area contributed by atoms with E-state index >= 15 is 0 Å². The molecule has 0 spiro atoms. The molecule has 0 N–H and O–H groups in total. The fourth-order valence-corrected chi connectivity index (χ4v) is 3.48. The van der Waals surface area contributed by atoms with Crippen LogP contribution < -0.4 is 14.4 Å². The largest absolute Gasteiger partial charge is 0.494 e. The van der Waals surface area contributed by atoms with Crippen LogP contribution in [0.5, 0.6) is 11.5 Å². The summed E-state index contributed by atoms with van der Waals surface area (Å²) in [5.74, 6) is 3.20. The van der Waals surface area contributed by atoms with E-state index in [4.69, 9.17) is 9.47 Å². The summed E-state index contributed by atoms with van der Waals surface area (Å²) in [5, 5.41) is 0. The standard InChI is InChI=1S/C21H21N3O2/c1-14-12-17(25-2)19(18(13-14)26-3)24-20-15(6-4-10-22-20)8-9-16-7-5-11-23-21(16)24/h4-7,10-13H,8-9H2,1-3H3. The minimum atomic E-state index is 0.733. The molecule has 26 heavy (non-hydrogen) atoms. The van der Waals surface area contributed by atoms with Crippen molar-refractivity contribution in [2.24, 2.45) is 0 Å². The fourth-order valence-electron chi connectivity index (χ4n) is 3.48. The molecule has 0 bridgehead atoms. The zero-order valence-corrected chi connectivity index (χ0v) is 15.2. The lowest BCUT2D eigenvalue weighted by molar-refractivity contribution is 0.396. The number of rotatable bonds is 3. The monoisotopic (exact) mass is 347 g/mol. The molecule has 0 radical (unpaired) electrons. The minimum absolute atomic E-state index is 0.733. The Morgan fingerprint density at radius 1 is 0.846 bits per heavy atom. The van der Waals surface area contributed by atoms with Crippen LogP contribution in [0.15, 0.2) is 48.8 Å². The van der Waals surface area contributed by atoms with E-state index in [1.54, 1.807) is 14.2 Å². The second kappa shape index (κ2) is 6.67. The van der Waals surface area contributed by atoms with Crippen LogP contribution in [-0.4, -0.2) is 24.2 Å². The van der Waals surface area contributed by atoms with Gasteiger partial charge in [-0.2, -0.15) is 0 Å². The number of aromatic nitrogens is 2. The maximum absolute atomic E-state index is 5.72. The maximum atomic E-state index is 5.72. The summed E-state index contributed by atoms with van der Waals surface area (Å²) in [6, 6.07) is 12.2. The number of hydrogen-bond acceptors (Lipinski definition) is 5. The Balaban J connectivity index is 2.06. The first-order chi connectivity index (χ1) is 12.7. The molecule has 0 aliphatic carbocycles. The average Bonchev–Trinajstić information content (AvgIpc) is 2.84. The smallest absolute Gasteiger partial charge is 0.147 e. The van der Waals surface area contributed by atoms with E-state index in [1.807, 2.05) is 43.6 Å². The van der Waals surface area contributed by atoms with Crippen molar-refractivity contribution >= 4 is 17.3 Å². The van der Waals surface area contributed by atoms with Gasteiger partial charge in [-0.1, -0.05) is 12.1 Å². The third-order valence-corrected chi connectivity index (χ3v) is 4.67. The van der Waals surface area contributed by atoms with Gasteiger partial charge in [-0.3, -0.25) is 4.90 Å². The molecular weight excluding hydrogens is 326 g/mol. The van der Waals surface area contributed by atoms with Crippen LogP contribution >= 0.6 is 0 Å². The first kappa shape index (κ1) is 16.4. The molecule has 4 rings (SSSR count). The third-order valence-electron chi connectivity index (χ3n) is 4.67. The zero-order valence-electron chi connectivity index (χ0n) is 15.2. The van der Waals surface area contributed by atoms with Crippen LogP contribution in [0.4, 0.5) is 17.3 Å². The van der Waals surface area contributed by atoms with Crippen LogP contribution in [0.3, 0.4) is 0 Å². The average molecular weight is 347 g/mol. The Labute approximate surface area is 153 Å². The number of fused-ring (bicyclic) bond motifs is 2. The topological polar surface area (TPSA) is 47.5 Å². The summed E-state index contributed by atoms with van der Waals surface area (Å²) in [6.07, 6.45) is 5.45. The van der Waals surface area contributed by atoms with Gasteiger partial charge in [0.05, 0.1) is 14.2 Å². The van der Waals surface area contributed by atoms with Crippen LogP contribution in [0.2, 0.25) is 0 Å². The van der Waals surface area contributed by atoms with Gasteiger partial charge in [0.25, 0.3) is 0 Å². The van der Waals surface area contributed by atoms with Crippen molar-refractivity contribution in [3.8, 4) is 11.5 Å². The van der Waals surface area contributed by atoms with Gasteiger partial charge in [0.1, 0.15) is 28.8 Å². The van der Waals surface area contributed by atoms with Crippen LogP contribution in [0.25, 0.3) is 0 Å². The lowest BCUT2D eigenvalue weighted by Gasteiger charge is -2.28. The molecule has 1 aliphatic heterocycles. The van der Waals surface area contributed by atoms with Crippen LogP contribution in [0.1, 0.15) is 16.7 Å². The van der Waals surface area contributed by atoms with E-state index in [0.717, 1.165) is 47.2 Å². The number of hydrogen-bond donors (Lipinski definition) is 0. The summed E-state index contributed by atoms with van der Waals surface area (Å²) in [5.41, 5.74) is 4.24. The van der Waals surface area contributed by atoms with Crippen LogP contribution in [-0.2, 0) is 12.8 Å². The fraction of sp³-hybridized carbons (Fsp3) is 0.238. The molecule has 0 atom stereocenters. The number of ether oxygens (including phenoxy) is 2. The summed E-state index contributed by atoms with van der Waals surface area (Å²) in [4.78, 5) is 11.4. The molecule has 0 saturated carbocycles. The molecule has 0 fully saturated rings. The van der Waals surface area contributed by atoms with Crippen molar-refractivity contribution in [2.75, 3.05) is 19.1 Å². The van der Waals surface area contributed by atoms with Crippen molar-refractivity contribution in [3.63, 3.8) is 0 Å². The summed E-state index contributed by atoms with van der Waals surface area (Å²) >= 11 is 0. The number of methoxy groups -OCH3 is 2. The number of anilines is 3. The lowest BCUT2D eigenvalue weighted by Crippen LogP contribution is -2.16. The Hall–Kier alpha value is -3.08. The summed E-state index contributed by atoms with van der Waals surface area (Å²) < 4.78 is 11.4.